The maximum atomic E-state index is 6.20. The lowest BCUT2D eigenvalue weighted by atomic mass is 9.77. The van der Waals surface area contributed by atoms with Crippen LogP contribution in [0.25, 0.3) is 12.2 Å². The molecule has 1 saturated carbocycles. The summed E-state index contributed by atoms with van der Waals surface area (Å²) in [5, 5.41) is 4.00. The lowest BCUT2D eigenvalue weighted by Crippen LogP contribution is -2.44. The topological polar surface area (TPSA) is 83.4 Å². The van der Waals surface area contributed by atoms with Gasteiger partial charge in [-0.15, -0.1) is 12.4 Å². The Hall–Kier alpha value is -2.05. The van der Waals surface area contributed by atoms with Gasteiger partial charge < -0.3 is 19.7 Å². The SMILES string of the molecule is CCOc1ccc(/C=C/c2nc(C3(N)CCC3)no2)cc1OCC.Cl. The summed E-state index contributed by atoms with van der Waals surface area (Å²) in [6.45, 7) is 5.07. The van der Waals surface area contributed by atoms with Crippen LogP contribution < -0.4 is 15.2 Å². The van der Waals surface area contributed by atoms with Crippen LogP contribution in [0.3, 0.4) is 0 Å². The van der Waals surface area contributed by atoms with Crippen molar-refractivity contribution in [1.29, 1.82) is 0 Å². The van der Waals surface area contributed by atoms with E-state index in [1.807, 2.05) is 38.1 Å². The Morgan fingerprint density at radius 2 is 1.88 bits per heavy atom. The average Bonchev–Trinajstić information content (AvgIpc) is 3.02. The van der Waals surface area contributed by atoms with Crippen molar-refractivity contribution in [2.45, 2.75) is 38.6 Å². The van der Waals surface area contributed by atoms with Crippen LogP contribution in [0.15, 0.2) is 22.7 Å². The molecule has 0 saturated heterocycles. The standard InChI is InChI=1S/C18H23N3O3.ClH/c1-3-22-14-8-6-13(12-15(14)23-4-2)7-9-16-20-17(21-24-16)18(19)10-5-11-18;/h6-9,12H,3-5,10-11,19H2,1-2H3;1H/b9-7+;. The number of nitrogens with zero attached hydrogens (tertiary/aromatic N) is 2. The average molecular weight is 366 g/mol. The van der Waals surface area contributed by atoms with Crippen LogP contribution in [-0.4, -0.2) is 23.4 Å². The fourth-order valence-corrected chi connectivity index (χ4v) is 2.63. The number of rotatable bonds is 7. The first kappa shape index (κ1) is 19.3. The largest absolute Gasteiger partial charge is 0.490 e. The van der Waals surface area contributed by atoms with Gasteiger partial charge in [0.05, 0.1) is 18.8 Å². The number of ether oxygens (including phenoxy) is 2. The summed E-state index contributed by atoms with van der Waals surface area (Å²) in [6, 6.07) is 5.78. The van der Waals surface area contributed by atoms with Crippen molar-refractivity contribution in [3.8, 4) is 11.5 Å². The molecular formula is C18H24ClN3O3. The Morgan fingerprint density at radius 1 is 1.16 bits per heavy atom. The molecule has 136 valence electrons. The Balaban J connectivity index is 0.00000225. The van der Waals surface area contributed by atoms with Crippen molar-refractivity contribution >= 4 is 24.6 Å². The Morgan fingerprint density at radius 3 is 2.52 bits per heavy atom. The van der Waals surface area contributed by atoms with Crippen molar-refractivity contribution in [3.05, 3.63) is 35.5 Å². The maximum absolute atomic E-state index is 6.20. The molecule has 2 aromatic rings. The van der Waals surface area contributed by atoms with Gasteiger partial charge in [0, 0.05) is 6.08 Å². The highest BCUT2D eigenvalue weighted by Crippen LogP contribution is 2.37. The molecule has 1 aromatic heterocycles. The van der Waals surface area contributed by atoms with E-state index >= 15 is 0 Å². The number of nitrogens with two attached hydrogens (primary N) is 1. The first-order chi connectivity index (χ1) is 11.6. The van der Waals surface area contributed by atoms with E-state index in [2.05, 4.69) is 10.1 Å². The molecule has 1 aliphatic rings. The summed E-state index contributed by atoms with van der Waals surface area (Å²) in [5.41, 5.74) is 6.76. The third-order valence-electron chi connectivity index (χ3n) is 4.12. The molecule has 25 heavy (non-hydrogen) atoms. The molecular weight excluding hydrogens is 342 g/mol. The number of halogens is 1. The second-order valence-electron chi connectivity index (χ2n) is 5.87. The predicted molar refractivity (Wildman–Crippen MR) is 99.0 cm³/mol. The van der Waals surface area contributed by atoms with Crippen molar-refractivity contribution in [3.63, 3.8) is 0 Å². The van der Waals surface area contributed by atoms with Crippen LogP contribution in [-0.2, 0) is 5.54 Å². The van der Waals surface area contributed by atoms with E-state index < -0.39 is 5.54 Å². The van der Waals surface area contributed by atoms with E-state index in [-0.39, 0.29) is 12.4 Å². The molecule has 1 aliphatic carbocycles. The van der Waals surface area contributed by atoms with Gasteiger partial charge >= 0.3 is 0 Å². The molecule has 3 rings (SSSR count). The highest BCUT2D eigenvalue weighted by molar-refractivity contribution is 5.85. The van der Waals surface area contributed by atoms with Gasteiger partial charge in [0.2, 0.25) is 0 Å². The summed E-state index contributed by atoms with van der Waals surface area (Å²) in [6.07, 6.45) is 6.62. The number of benzene rings is 1. The third kappa shape index (κ3) is 4.32. The monoisotopic (exact) mass is 365 g/mol. The van der Waals surface area contributed by atoms with Gasteiger partial charge in [-0.2, -0.15) is 4.98 Å². The lowest BCUT2D eigenvalue weighted by molar-refractivity contribution is 0.229. The zero-order valence-electron chi connectivity index (χ0n) is 14.5. The zero-order chi connectivity index (χ0) is 17.0. The van der Waals surface area contributed by atoms with Gasteiger partial charge in [-0.25, -0.2) is 0 Å². The second kappa shape index (κ2) is 8.36. The number of aromatic nitrogens is 2. The minimum absolute atomic E-state index is 0. The first-order valence-electron chi connectivity index (χ1n) is 8.35. The van der Waals surface area contributed by atoms with Crippen LogP contribution in [0.4, 0.5) is 0 Å². The molecule has 1 fully saturated rings. The molecule has 0 unspecified atom stereocenters. The van der Waals surface area contributed by atoms with E-state index in [1.54, 1.807) is 6.08 Å². The summed E-state index contributed by atoms with van der Waals surface area (Å²) < 4.78 is 16.5. The normalized spacial score (nSPS) is 15.5. The predicted octanol–water partition coefficient (Wildman–Crippen LogP) is 3.80. The number of hydrogen-bond acceptors (Lipinski definition) is 6. The Kier molecular flexibility index (Phi) is 6.45. The van der Waals surface area contributed by atoms with E-state index in [1.165, 1.54) is 0 Å². The molecule has 1 heterocycles. The smallest absolute Gasteiger partial charge is 0.250 e. The van der Waals surface area contributed by atoms with Gasteiger partial charge in [0.25, 0.3) is 5.89 Å². The van der Waals surface area contributed by atoms with Crippen molar-refractivity contribution in [1.82, 2.24) is 10.1 Å². The van der Waals surface area contributed by atoms with Crippen LogP contribution >= 0.6 is 12.4 Å². The van der Waals surface area contributed by atoms with E-state index in [0.29, 0.717) is 24.9 Å². The van der Waals surface area contributed by atoms with E-state index in [0.717, 1.165) is 36.3 Å². The fraction of sp³-hybridized carbons (Fsp3) is 0.444. The molecule has 0 atom stereocenters. The molecule has 0 aliphatic heterocycles. The summed E-state index contributed by atoms with van der Waals surface area (Å²) >= 11 is 0. The molecule has 6 nitrogen and oxygen atoms in total. The Labute approximate surface area is 153 Å². The lowest BCUT2D eigenvalue weighted by Gasteiger charge is -2.34. The van der Waals surface area contributed by atoms with E-state index in [9.17, 15) is 0 Å². The van der Waals surface area contributed by atoms with Crippen LogP contribution in [0.1, 0.15) is 50.4 Å². The second-order valence-corrected chi connectivity index (χ2v) is 5.87. The molecule has 0 radical (unpaired) electrons. The molecule has 0 bridgehead atoms. The zero-order valence-corrected chi connectivity index (χ0v) is 15.3. The third-order valence-corrected chi connectivity index (χ3v) is 4.12. The summed E-state index contributed by atoms with van der Waals surface area (Å²) in [4.78, 5) is 4.38. The van der Waals surface area contributed by atoms with Gasteiger partial charge in [-0.3, -0.25) is 0 Å². The van der Waals surface area contributed by atoms with Crippen molar-refractivity contribution in [2.24, 2.45) is 5.73 Å². The van der Waals surface area contributed by atoms with Crippen LogP contribution in [0.5, 0.6) is 11.5 Å². The first-order valence-corrected chi connectivity index (χ1v) is 8.35. The number of hydrogen-bond donors (Lipinski definition) is 1. The minimum Gasteiger partial charge on any atom is -0.490 e. The molecule has 0 amide bonds. The highest BCUT2D eigenvalue weighted by Gasteiger charge is 2.38. The summed E-state index contributed by atoms with van der Waals surface area (Å²) in [7, 11) is 0. The molecule has 7 heteroatoms. The van der Waals surface area contributed by atoms with Crippen molar-refractivity contribution < 1.29 is 14.0 Å². The maximum Gasteiger partial charge on any atom is 0.250 e. The minimum atomic E-state index is -0.406. The van der Waals surface area contributed by atoms with Gasteiger partial charge in [-0.05, 0) is 56.9 Å². The molecule has 2 N–H and O–H groups in total. The Bertz CT molecular complexity index is 726. The van der Waals surface area contributed by atoms with Gasteiger partial charge in [0.1, 0.15) is 0 Å². The quantitative estimate of drug-likeness (QED) is 0.803. The van der Waals surface area contributed by atoms with Gasteiger partial charge in [-0.1, -0.05) is 11.2 Å². The van der Waals surface area contributed by atoms with Crippen LogP contribution in [0, 0.1) is 0 Å². The van der Waals surface area contributed by atoms with Crippen molar-refractivity contribution in [2.75, 3.05) is 13.2 Å². The fourth-order valence-electron chi connectivity index (χ4n) is 2.63. The highest BCUT2D eigenvalue weighted by atomic mass is 35.5. The molecule has 1 aromatic carbocycles. The molecule has 0 spiro atoms. The van der Waals surface area contributed by atoms with E-state index in [4.69, 9.17) is 19.7 Å². The summed E-state index contributed by atoms with van der Waals surface area (Å²) in [5.74, 6) is 2.51. The van der Waals surface area contributed by atoms with Crippen LogP contribution in [0.2, 0.25) is 0 Å². The van der Waals surface area contributed by atoms with Gasteiger partial charge in [0.15, 0.2) is 17.3 Å².